The van der Waals surface area contributed by atoms with Crippen molar-refractivity contribution in [3.05, 3.63) is 65.5 Å². The monoisotopic (exact) mass is 393 g/mol. The molecule has 2 aromatic carbocycles. The number of aromatic nitrogens is 1. The summed E-state index contributed by atoms with van der Waals surface area (Å²) in [5.74, 6) is -0.425. The van der Waals surface area contributed by atoms with Crippen molar-refractivity contribution in [2.75, 3.05) is 39.4 Å². The van der Waals surface area contributed by atoms with E-state index in [9.17, 15) is 9.18 Å². The Balaban J connectivity index is 1.61. The first kappa shape index (κ1) is 19.5. The molecule has 0 saturated carbocycles. The van der Waals surface area contributed by atoms with Crippen LogP contribution in [0.4, 0.5) is 4.39 Å². The molecule has 0 atom stereocenters. The number of benzene rings is 2. The Morgan fingerprint density at radius 1 is 1.14 bits per heavy atom. The minimum Gasteiger partial charge on any atom is -0.379 e. The summed E-state index contributed by atoms with van der Waals surface area (Å²) >= 11 is 0. The lowest BCUT2D eigenvalue weighted by Crippen LogP contribution is -2.41. The van der Waals surface area contributed by atoms with Gasteiger partial charge in [-0.25, -0.2) is 9.37 Å². The number of morpholine rings is 1. The van der Waals surface area contributed by atoms with Crippen LogP contribution in [0.15, 0.2) is 48.5 Å². The quantitative estimate of drug-likeness (QED) is 0.722. The van der Waals surface area contributed by atoms with E-state index in [1.165, 1.54) is 12.1 Å². The molecule has 6 heteroatoms. The van der Waals surface area contributed by atoms with Gasteiger partial charge in [0, 0.05) is 37.1 Å². The predicted molar refractivity (Wildman–Crippen MR) is 111 cm³/mol. The highest BCUT2D eigenvalue weighted by Gasteiger charge is 2.15. The Bertz CT molecular complexity index is 1010. The summed E-state index contributed by atoms with van der Waals surface area (Å²) in [6, 6.07) is 13.8. The summed E-state index contributed by atoms with van der Waals surface area (Å²) in [7, 11) is 0. The number of nitrogens with zero attached hydrogens (tertiary/aromatic N) is 2. The average molecular weight is 393 g/mol. The molecule has 3 aromatic rings. The number of halogens is 1. The fraction of sp³-hybridized carbons (Fsp3) is 0.304. The number of hydrogen-bond donors (Lipinski definition) is 1. The number of fused-ring (bicyclic) bond motifs is 1. The second kappa shape index (κ2) is 8.68. The molecule has 1 aliphatic rings. The number of hydrogen-bond acceptors (Lipinski definition) is 4. The van der Waals surface area contributed by atoms with Crippen molar-refractivity contribution >= 4 is 16.8 Å². The first-order chi connectivity index (χ1) is 14.1. The first-order valence-corrected chi connectivity index (χ1v) is 9.86. The summed E-state index contributed by atoms with van der Waals surface area (Å²) in [6.07, 6.45) is 0. The van der Waals surface area contributed by atoms with Gasteiger partial charge in [0.2, 0.25) is 0 Å². The smallest absolute Gasteiger partial charge is 0.252 e. The second-order valence-corrected chi connectivity index (χ2v) is 7.29. The zero-order chi connectivity index (χ0) is 20.2. The van der Waals surface area contributed by atoms with Crippen LogP contribution in [0.2, 0.25) is 0 Å². The van der Waals surface area contributed by atoms with Crippen molar-refractivity contribution in [2.24, 2.45) is 0 Å². The maximum Gasteiger partial charge on any atom is 0.252 e. The van der Waals surface area contributed by atoms with Gasteiger partial charge in [0.05, 0.1) is 30.0 Å². The minimum absolute atomic E-state index is 0.125. The number of carbonyl (C=O) groups is 1. The zero-order valence-corrected chi connectivity index (χ0v) is 16.5. The summed E-state index contributed by atoms with van der Waals surface area (Å²) in [4.78, 5) is 20.0. The van der Waals surface area contributed by atoms with E-state index in [0.29, 0.717) is 17.8 Å². The largest absolute Gasteiger partial charge is 0.379 e. The molecule has 1 aromatic heterocycles. The van der Waals surface area contributed by atoms with Gasteiger partial charge in [0.1, 0.15) is 5.82 Å². The van der Waals surface area contributed by atoms with Crippen LogP contribution in [-0.2, 0) is 4.74 Å². The molecule has 1 aliphatic heterocycles. The van der Waals surface area contributed by atoms with Gasteiger partial charge in [-0.2, -0.15) is 0 Å². The molecule has 1 fully saturated rings. The topological polar surface area (TPSA) is 54.5 Å². The molecule has 0 aliphatic carbocycles. The lowest BCUT2D eigenvalue weighted by molar-refractivity contribution is 0.0383. The normalized spacial score (nSPS) is 14.8. The van der Waals surface area contributed by atoms with Crippen LogP contribution in [0.5, 0.6) is 0 Å². The number of pyridine rings is 1. The van der Waals surface area contributed by atoms with Gasteiger partial charge in [-0.1, -0.05) is 11.6 Å². The second-order valence-electron chi connectivity index (χ2n) is 7.29. The lowest BCUT2D eigenvalue weighted by atomic mass is 10.0. The highest BCUT2D eigenvalue weighted by molar-refractivity contribution is 6.07. The molecule has 0 radical (unpaired) electrons. The highest BCUT2D eigenvalue weighted by atomic mass is 19.1. The molecule has 1 saturated heterocycles. The molecule has 29 heavy (non-hydrogen) atoms. The third-order valence-corrected chi connectivity index (χ3v) is 5.17. The fourth-order valence-electron chi connectivity index (χ4n) is 3.54. The fourth-order valence-corrected chi connectivity index (χ4v) is 3.54. The van der Waals surface area contributed by atoms with Crippen molar-refractivity contribution in [1.29, 1.82) is 0 Å². The summed E-state index contributed by atoms with van der Waals surface area (Å²) in [6.45, 7) is 6.62. The third-order valence-electron chi connectivity index (χ3n) is 5.17. The van der Waals surface area contributed by atoms with Crippen molar-refractivity contribution in [3.8, 4) is 11.3 Å². The van der Waals surface area contributed by atoms with E-state index in [1.54, 1.807) is 18.2 Å². The van der Waals surface area contributed by atoms with E-state index < -0.39 is 0 Å². The Morgan fingerprint density at radius 2 is 1.90 bits per heavy atom. The Kier molecular flexibility index (Phi) is 5.83. The molecule has 1 N–H and O–H groups in total. The zero-order valence-electron chi connectivity index (χ0n) is 16.5. The number of ether oxygens (including phenoxy) is 1. The lowest BCUT2D eigenvalue weighted by Gasteiger charge is -2.26. The SMILES string of the molecule is Cc1ccc2nc(-c3ccc(F)cc3)cc(C(=O)NCCN3CCOCC3)c2c1. The van der Waals surface area contributed by atoms with E-state index in [1.807, 2.05) is 25.1 Å². The molecule has 4 rings (SSSR count). The van der Waals surface area contributed by atoms with Crippen LogP contribution in [-0.4, -0.2) is 55.2 Å². The number of aryl methyl sites for hydroxylation is 1. The number of amides is 1. The maximum absolute atomic E-state index is 13.3. The van der Waals surface area contributed by atoms with Gasteiger partial charge in [0.25, 0.3) is 5.91 Å². The van der Waals surface area contributed by atoms with Gasteiger partial charge in [0.15, 0.2) is 0 Å². The molecule has 150 valence electrons. The average Bonchev–Trinajstić information content (AvgIpc) is 2.74. The molecule has 0 bridgehead atoms. The number of nitrogens with one attached hydrogen (secondary N) is 1. The number of carbonyl (C=O) groups excluding carboxylic acids is 1. The van der Waals surface area contributed by atoms with Crippen LogP contribution < -0.4 is 5.32 Å². The van der Waals surface area contributed by atoms with Gasteiger partial charge in [-0.15, -0.1) is 0 Å². The van der Waals surface area contributed by atoms with E-state index in [-0.39, 0.29) is 11.7 Å². The van der Waals surface area contributed by atoms with E-state index in [4.69, 9.17) is 4.74 Å². The minimum atomic E-state index is -0.300. The van der Waals surface area contributed by atoms with Gasteiger partial charge >= 0.3 is 0 Å². The Morgan fingerprint density at radius 3 is 2.66 bits per heavy atom. The third kappa shape index (κ3) is 4.60. The van der Waals surface area contributed by atoms with Crippen LogP contribution in [0.1, 0.15) is 15.9 Å². The van der Waals surface area contributed by atoms with Gasteiger partial charge in [-0.05, 0) is 49.4 Å². The molecule has 5 nitrogen and oxygen atoms in total. The number of rotatable bonds is 5. The van der Waals surface area contributed by atoms with Crippen LogP contribution in [0.3, 0.4) is 0 Å². The van der Waals surface area contributed by atoms with Crippen LogP contribution in [0, 0.1) is 12.7 Å². The summed E-state index contributed by atoms with van der Waals surface area (Å²) in [5, 5.41) is 3.86. The molecule has 1 amide bonds. The first-order valence-electron chi connectivity index (χ1n) is 9.86. The van der Waals surface area contributed by atoms with Crippen molar-refractivity contribution in [3.63, 3.8) is 0 Å². The van der Waals surface area contributed by atoms with Crippen molar-refractivity contribution in [1.82, 2.24) is 15.2 Å². The van der Waals surface area contributed by atoms with E-state index in [2.05, 4.69) is 15.2 Å². The highest BCUT2D eigenvalue weighted by Crippen LogP contribution is 2.26. The molecular formula is C23H24FN3O2. The van der Waals surface area contributed by atoms with E-state index in [0.717, 1.165) is 54.9 Å². The molecule has 2 heterocycles. The molecule has 0 unspecified atom stereocenters. The van der Waals surface area contributed by atoms with Crippen molar-refractivity contribution < 1.29 is 13.9 Å². The van der Waals surface area contributed by atoms with Gasteiger partial charge < -0.3 is 10.1 Å². The van der Waals surface area contributed by atoms with Gasteiger partial charge in [-0.3, -0.25) is 9.69 Å². The maximum atomic E-state index is 13.3. The predicted octanol–water partition coefficient (Wildman–Crippen LogP) is 3.41. The molecule has 0 spiro atoms. The van der Waals surface area contributed by atoms with Crippen molar-refractivity contribution in [2.45, 2.75) is 6.92 Å². The standard InChI is InChI=1S/C23H24FN3O2/c1-16-2-7-21-19(14-16)20(15-22(26-21)17-3-5-18(24)6-4-17)23(28)25-8-9-27-10-12-29-13-11-27/h2-7,14-15H,8-13H2,1H3,(H,25,28). The molecular weight excluding hydrogens is 369 g/mol. The summed E-state index contributed by atoms with van der Waals surface area (Å²) in [5.41, 5.74) is 3.82. The Hall–Kier alpha value is -2.83. The summed E-state index contributed by atoms with van der Waals surface area (Å²) < 4.78 is 18.7. The Labute approximate surface area is 169 Å². The van der Waals surface area contributed by atoms with Crippen LogP contribution in [0.25, 0.3) is 22.2 Å². The van der Waals surface area contributed by atoms with E-state index >= 15 is 0 Å². The van der Waals surface area contributed by atoms with Crippen LogP contribution >= 0.6 is 0 Å².